The first-order chi connectivity index (χ1) is 7.65. The van der Waals surface area contributed by atoms with Crippen molar-refractivity contribution in [3.8, 4) is 0 Å². The molecule has 0 heterocycles. The monoisotopic (exact) mass is 284 g/mol. The van der Waals surface area contributed by atoms with E-state index < -0.39 is 0 Å². The number of unbranched alkanes of at least 4 members (excludes halogenated alkanes) is 3. The van der Waals surface area contributed by atoms with E-state index in [1.807, 2.05) is 12.1 Å². The van der Waals surface area contributed by atoms with E-state index in [0.29, 0.717) is 0 Å². The molecule has 0 radical (unpaired) electrons. The van der Waals surface area contributed by atoms with Gasteiger partial charge >= 0.3 is 0 Å². The van der Waals surface area contributed by atoms with E-state index in [4.69, 9.17) is 0 Å². The maximum Gasteiger partial charge on any atom is 0.0790 e. The van der Waals surface area contributed by atoms with Crippen molar-refractivity contribution in [3.05, 3.63) is 33.8 Å². The van der Waals surface area contributed by atoms with Crippen LogP contribution in [0, 0.1) is 6.92 Å². The summed E-state index contributed by atoms with van der Waals surface area (Å²) in [6.45, 7) is 4.26. The molecule has 0 fully saturated rings. The first kappa shape index (κ1) is 13.7. The molecule has 0 saturated heterocycles. The van der Waals surface area contributed by atoms with E-state index in [2.05, 4.69) is 35.8 Å². The lowest BCUT2D eigenvalue weighted by Gasteiger charge is -2.12. The van der Waals surface area contributed by atoms with E-state index in [1.54, 1.807) is 0 Å². The summed E-state index contributed by atoms with van der Waals surface area (Å²) in [5, 5.41) is 10.0. The van der Waals surface area contributed by atoms with Gasteiger partial charge in [0.2, 0.25) is 0 Å². The van der Waals surface area contributed by atoms with Crippen molar-refractivity contribution in [1.82, 2.24) is 0 Å². The second-order valence-corrected chi connectivity index (χ2v) is 5.23. The second kappa shape index (κ2) is 7.08. The van der Waals surface area contributed by atoms with Gasteiger partial charge in [-0.1, -0.05) is 60.7 Å². The molecule has 0 bridgehead atoms. The van der Waals surface area contributed by atoms with E-state index >= 15 is 0 Å². The molecule has 1 nitrogen and oxygen atoms in total. The first-order valence-electron chi connectivity index (χ1n) is 6.09. The molecule has 0 aromatic heterocycles. The minimum atomic E-state index is -0.302. The van der Waals surface area contributed by atoms with Gasteiger partial charge in [-0.25, -0.2) is 0 Å². The third kappa shape index (κ3) is 4.26. The summed E-state index contributed by atoms with van der Waals surface area (Å²) in [6, 6.07) is 6.08. The average Bonchev–Trinajstić information content (AvgIpc) is 2.28. The molecule has 90 valence electrons. The number of aliphatic hydroxyl groups excluding tert-OH is 1. The lowest BCUT2D eigenvalue weighted by atomic mass is 10.0. The van der Waals surface area contributed by atoms with Crippen molar-refractivity contribution in [1.29, 1.82) is 0 Å². The van der Waals surface area contributed by atoms with Crippen LogP contribution in [0.2, 0.25) is 0 Å². The fourth-order valence-electron chi connectivity index (χ4n) is 1.81. The van der Waals surface area contributed by atoms with E-state index in [1.165, 1.54) is 24.8 Å². The Morgan fingerprint density at radius 2 is 2.00 bits per heavy atom. The number of aryl methyl sites for hydroxylation is 1. The van der Waals surface area contributed by atoms with Gasteiger partial charge in [-0.15, -0.1) is 0 Å². The molecular weight excluding hydrogens is 264 g/mol. The summed E-state index contributed by atoms with van der Waals surface area (Å²) in [6.07, 6.45) is 5.43. The van der Waals surface area contributed by atoms with Crippen LogP contribution in [0.1, 0.15) is 56.3 Å². The topological polar surface area (TPSA) is 20.2 Å². The van der Waals surface area contributed by atoms with Crippen molar-refractivity contribution < 1.29 is 5.11 Å². The lowest BCUT2D eigenvalue weighted by molar-refractivity contribution is 0.163. The van der Waals surface area contributed by atoms with Crippen LogP contribution in [0.25, 0.3) is 0 Å². The highest BCUT2D eigenvalue weighted by atomic mass is 79.9. The standard InChI is InChI=1S/C14H21BrO/c1-3-4-5-6-7-14(16)12-8-9-13(15)11(2)10-12/h8-10,14,16H,3-7H2,1-2H3. The van der Waals surface area contributed by atoms with Crippen LogP contribution < -0.4 is 0 Å². The third-order valence-corrected chi connectivity index (χ3v) is 3.79. The summed E-state index contributed by atoms with van der Waals surface area (Å²) in [7, 11) is 0. The Kier molecular flexibility index (Phi) is 6.07. The van der Waals surface area contributed by atoms with Gasteiger partial charge in [0.05, 0.1) is 6.10 Å². The molecule has 1 N–H and O–H groups in total. The van der Waals surface area contributed by atoms with Crippen molar-refractivity contribution >= 4 is 15.9 Å². The Balaban J connectivity index is 2.46. The van der Waals surface area contributed by atoms with E-state index in [9.17, 15) is 5.11 Å². The van der Waals surface area contributed by atoms with E-state index in [0.717, 1.165) is 22.9 Å². The number of halogens is 1. The molecule has 1 atom stereocenters. The lowest BCUT2D eigenvalue weighted by Crippen LogP contribution is -1.98. The minimum absolute atomic E-state index is 0.302. The van der Waals surface area contributed by atoms with Crippen molar-refractivity contribution in [2.24, 2.45) is 0 Å². The molecule has 1 aromatic rings. The summed E-state index contributed by atoms with van der Waals surface area (Å²) in [5.41, 5.74) is 2.22. The zero-order chi connectivity index (χ0) is 12.0. The first-order valence-corrected chi connectivity index (χ1v) is 6.88. The quantitative estimate of drug-likeness (QED) is 0.747. The molecule has 0 saturated carbocycles. The van der Waals surface area contributed by atoms with Crippen LogP contribution in [0.3, 0.4) is 0 Å². The Labute approximate surface area is 107 Å². The van der Waals surface area contributed by atoms with Gasteiger partial charge in [0, 0.05) is 4.47 Å². The SMILES string of the molecule is CCCCCCC(O)c1ccc(Br)c(C)c1. The Morgan fingerprint density at radius 1 is 1.25 bits per heavy atom. The fraction of sp³-hybridized carbons (Fsp3) is 0.571. The van der Waals surface area contributed by atoms with Gasteiger partial charge in [-0.3, -0.25) is 0 Å². The molecule has 0 aliphatic carbocycles. The molecule has 0 aliphatic rings. The van der Waals surface area contributed by atoms with Crippen LogP contribution in [-0.2, 0) is 0 Å². The second-order valence-electron chi connectivity index (χ2n) is 4.37. The number of aliphatic hydroxyl groups is 1. The number of hydrogen-bond donors (Lipinski definition) is 1. The normalized spacial score (nSPS) is 12.8. The van der Waals surface area contributed by atoms with Crippen molar-refractivity contribution in [2.45, 2.75) is 52.1 Å². The summed E-state index contributed by atoms with van der Waals surface area (Å²) >= 11 is 3.47. The number of rotatable bonds is 6. The molecule has 0 spiro atoms. The van der Waals surface area contributed by atoms with Gasteiger partial charge in [0.25, 0.3) is 0 Å². The highest BCUT2D eigenvalue weighted by molar-refractivity contribution is 9.10. The largest absolute Gasteiger partial charge is 0.388 e. The van der Waals surface area contributed by atoms with Crippen LogP contribution in [0.4, 0.5) is 0 Å². The molecule has 0 amide bonds. The zero-order valence-corrected chi connectivity index (χ0v) is 11.8. The number of benzene rings is 1. The maximum atomic E-state index is 10.0. The predicted molar refractivity (Wildman–Crippen MR) is 72.6 cm³/mol. The average molecular weight is 285 g/mol. The molecule has 0 aliphatic heterocycles. The third-order valence-electron chi connectivity index (χ3n) is 2.90. The maximum absolute atomic E-state index is 10.0. The molecule has 16 heavy (non-hydrogen) atoms. The summed E-state index contributed by atoms with van der Waals surface area (Å²) < 4.78 is 1.11. The van der Waals surface area contributed by atoms with Gasteiger partial charge in [0.15, 0.2) is 0 Å². The van der Waals surface area contributed by atoms with E-state index in [-0.39, 0.29) is 6.10 Å². The van der Waals surface area contributed by atoms with Crippen LogP contribution in [0.15, 0.2) is 22.7 Å². The van der Waals surface area contributed by atoms with Gasteiger partial charge in [-0.05, 0) is 30.5 Å². The zero-order valence-electron chi connectivity index (χ0n) is 10.2. The van der Waals surface area contributed by atoms with Crippen LogP contribution in [0.5, 0.6) is 0 Å². The van der Waals surface area contributed by atoms with Crippen LogP contribution >= 0.6 is 15.9 Å². The Morgan fingerprint density at radius 3 is 2.62 bits per heavy atom. The van der Waals surface area contributed by atoms with Gasteiger partial charge < -0.3 is 5.11 Å². The summed E-state index contributed by atoms with van der Waals surface area (Å²) in [4.78, 5) is 0. The fourth-order valence-corrected chi connectivity index (χ4v) is 2.05. The highest BCUT2D eigenvalue weighted by Gasteiger charge is 2.08. The molecular formula is C14H21BrO. The molecule has 1 unspecified atom stereocenters. The highest BCUT2D eigenvalue weighted by Crippen LogP contribution is 2.24. The van der Waals surface area contributed by atoms with Gasteiger partial charge in [0.1, 0.15) is 0 Å². The van der Waals surface area contributed by atoms with Gasteiger partial charge in [-0.2, -0.15) is 0 Å². The summed E-state index contributed by atoms with van der Waals surface area (Å²) in [5.74, 6) is 0. The predicted octanol–water partition coefficient (Wildman–Crippen LogP) is 4.76. The Hall–Kier alpha value is -0.340. The molecule has 1 aromatic carbocycles. The number of hydrogen-bond acceptors (Lipinski definition) is 1. The molecule has 2 heteroatoms. The van der Waals surface area contributed by atoms with Crippen LogP contribution in [-0.4, -0.2) is 5.11 Å². The minimum Gasteiger partial charge on any atom is -0.388 e. The van der Waals surface area contributed by atoms with Crippen molar-refractivity contribution in [2.75, 3.05) is 0 Å². The molecule has 1 rings (SSSR count). The van der Waals surface area contributed by atoms with Crippen molar-refractivity contribution in [3.63, 3.8) is 0 Å². The Bertz CT molecular complexity index is 323. The smallest absolute Gasteiger partial charge is 0.0790 e.